The Labute approximate surface area is 90.8 Å². The van der Waals surface area contributed by atoms with Crippen LogP contribution in [0.15, 0.2) is 35.7 Å². The van der Waals surface area contributed by atoms with Crippen molar-refractivity contribution in [2.45, 2.75) is 4.90 Å². The minimum absolute atomic E-state index is 0.250. The topological polar surface area (TPSA) is 38.7 Å². The van der Waals surface area contributed by atoms with Crippen molar-refractivity contribution in [3.05, 3.63) is 36.7 Å². The summed E-state index contributed by atoms with van der Waals surface area (Å²) in [6.45, 7) is 0. The van der Waals surface area contributed by atoms with E-state index in [9.17, 15) is 4.39 Å². The first-order valence-corrected chi connectivity index (χ1v) is 5.49. The molecule has 0 spiro atoms. The van der Waals surface area contributed by atoms with E-state index in [0.29, 0.717) is 16.3 Å². The third-order valence-corrected chi connectivity index (χ3v) is 2.67. The molecule has 0 aliphatic carbocycles. The largest absolute Gasteiger partial charge is 0.225 e. The molecule has 0 atom stereocenters. The summed E-state index contributed by atoms with van der Waals surface area (Å²) < 4.78 is 13.4. The van der Waals surface area contributed by atoms with Crippen LogP contribution in [0, 0.1) is 5.82 Å². The Morgan fingerprint density at radius 2 is 1.93 bits per heavy atom. The fraction of sp³-hybridized carbons (Fsp3) is 0.100. The summed E-state index contributed by atoms with van der Waals surface area (Å²) in [6.07, 6.45) is 4.62. The van der Waals surface area contributed by atoms with Crippen molar-refractivity contribution >= 4 is 11.8 Å². The van der Waals surface area contributed by atoms with Crippen LogP contribution in [-0.4, -0.2) is 21.2 Å². The Hall–Kier alpha value is -1.49. The number of thioether (sulfide) groups is 1. The van der Waals surface area contributed by atoms with E-state index in [1.54, 1.807) is 12.1 Å². The quantitative estimate of drug-likeness (QED) is 0.730. The molecule has 0 N–H and O–H groups in total. The highest BCUT2D eigenvalue weighted by molar-refractivity contribution is 7.98. The zero-order valence-corrected chi connectivity index (χ0v) is 8.83. The number of hydrogen-bond donors (Lipinski definition) is 0. The molecule has 2 aromatic rings. The van der Waals surface area contributed by atoms with Crippen molar-refractivity contribution in [1.82, 2.24) is 15.0 Å². The van der Waals surface area contributed by atoms with Crippen molar-refractivity contribution in [2.24, 2.45) is 0 Å². The normalized spacial score (nSPS) is 10.3. The molecule has 0 amide bonds. The van der Waals surface area contributed by atoms with Crippen molar-refractivity contribution in [1.29, 1.82) is 0 Å². The molecule has 76 valence electrons. The van der Waals surface area contributed by atoms with Crippen LogP contribution in [0.2, 0.25) is 0 Å². The van der Waals surface area contributed by atoms with Gasteiger partial charge < -0.3 is 0 Å². The molecule has 15 heavy (non-hydrogen) atoms. The Kier molecular flexibility index (Phi) is 2.91. The number of hydrogen-bond acceptors (Lipinski definition) is 4. The van der Waals surface area contributed by atoms with Crippen LogP contribution in [-0.2, 0) is 0 Å². The lowest BCUT2D eigenvalue weighted by Gasteiger charge is -2.02. The molecule has 3 nitrogen and oxygen atoms in total. The number of halogens is 1. The fourth-order valence-corrected chi connectivity index (χ4v) is 1.65. The van der Waals surface area contributed by atoms with Crippen LogP contribution >= 0.6 is 11.8 Å². The summed E-state index contributed by atoms with van der Waals surface area (Å²) in [5.74, 6) is 0.233. The van der Waals surface area contributed by atoms with E-state index in [1.807, 2.05) is 6.26 Å². The maximum atomic E-state index is 13.4. The highest BCUT2D eigenvalue weighted by Crippen LogP contribution is 2.23. The Bertz CT molecular complexity index is 461. The van der Waals surface area contributed by atoms with Gasteiger partial charge >= 0.3 is 0 Å². The van der Waals surface area contributed by atoms with Crippen LogP contribution in [0.1, 0.15) is 0 Å². The van der Waals surface area contributed by atoms with Crippen LogP contribution < -0.4 is 0 Å². The highest BCUT2D eigenvalue weighted by atomic mass is 32.2. The molecule has 0 saturated heterocycles. The molecule has 0 aliphatic heterocycles. The third-order valence-electron chi connectivity index (χ3n) is 1.90. The lowest BCUT2D eigenvalue weighted by molar-refractivity contribution is 0.602. The van der Waals surface area contributed by atoms with Gasteiger partial charge in [0.2, 0.25) is 0 Å². The van der Waals surface area contributed by atoms with E-state index < -0.39 is 0 Å². The van der Waals surface area contributed by atoms with Gasteiger partial charge in [0.05, 0.1) is 0 Å². The molecule has 0 saturated carbocycles. The first-order chi connectivity index (χ1) is 7.31. The first-order valence-electron chi connectivity index (χ1n) is 4.27. The van der Waals surface area contributed by atoms with E-state index >= 15 is 0 Å². The highest BCUT2D eigenvalue weighted by Gasteiger charge is 2.05. The second-order valence-corrected chi connectivity index (χ2v) is 3.66. The summed E-state index contributed by atoms with van der Waals surface area (Å²) in [6, 6.07) is 4.95. The Morgan fingerprint density at radius 3 is 2.53 bits per heavy atom. The van der Waals surface area contributed by atoms with Crippen LogP contribution in [0.25, 0.3) is 11.4 Å². The molecule has 2 rings (SSSR count). The van der Waals surface area contributed by atoms with Gasteiger partial charge in [-0.2, -0.15) is 0 Å². The third kappa shape index (κ3) is 2.12. The van der Waals surface area contributed by atoms with E-state index in [-0.39, 0.29) is 5.82 Å². The van der Waals surface area contributed by atoms with E-state index in [4.69, 9.17) is 0 Å². The Balaban J connectivity index is 2.43. The van der Waals surface area contributed by atoms with Gasteiger partial charge in [-0.1, -0.05) is 0 Å². The van der Waals surface area contributed by atoms with Gasteiger partial charge in [0.25, 0.3) is 0 Å². The SMILES string of the molecule is CSc1ccc(-c2ncncn2)cc1F. The summed E-state index contributed by atoms with van der Waals surface area (Å²) in [4.78, 5) is 12.2. The summed E-state index contributed by atoms with van der Waals surface area (Å²) in [7, 11) is 0. The van der Waals surface area contributed by atoms with E-state index in [0.717, 1.165) is 0 Å². The number of aromatic nitrogens is 3. The van der Waals surface area contributed by atoms with E-state index in [1.165, 1.54) is 30.5 Å². The fourth-order valence-electron chi connectivity index (χ4n) is 1.19. The number of nitrogens with zero attached hydrogens (tertiary/aromatic N) is 3. The molecule has 1 aromatic heterocycles. The minimum atomic E-state index is -0.250. The molecule has 1 aromatic carbocycles. The summed E-state index contributed by atoms with van der Waals surface area (Å²) in [5, 5.41) is 0. The van der Waals surface area contributed by atoms with Gasteiger partial charge in [0.15, 0.2) is 5.82 Å². The average molecular weight is 221 g/mol. The average Bonchev–Trinajstić information content (AvgIpc) is 2.30. The molecular formula is C10H8FN3S. The monoisotopic (exact) mass is 221 g/mol. The second kappa shape index (κ2) is 4.35. The lowest BCUT2D eigenvalue weighted by atomic mass is 10.2. The predicted molar refractivity (Wildman–Crippen MR) is 57.0 cm³/mol. The van der Waals surface area contributed by atoms with Crippen molar-refractivity contribution < 1.29 is 4.39 Å². The van der Waals surface area contributed by atoms with Crippen molar-refractivity contribution in [3.63, 3.8) is 0 Å². The zero-order chi connectivity index (χ0) is 10.7. The minimum Gasteiger partial charge on any atom is -0.225 e. The molecular weight excluding hydrogens is 213 g/mol. The standard InChI is InChI=1S/C10H8FN3S/c1-15-9-3-2-7(4-8(9)11)10-13-5-12-6-14-10/h2-6H,1H3. The smallest absolute Gasteiger partial charge is 0.162 e. The second-order valence-electron chi connectivity index (χ2n) is 2.81. The van der Waals surface area contributed by atoms with Gasteiger partial charge in [-0.3, -0.25) is 0 Å². The molecule has 0 unspecified atom stereocenters. The summed E-state index contributed by atoms with van der Waals surface area (Å²) >= 11 is 1.37. The van der Waals surface area contributed by atoms with Crippen LogP contribution in [0.3, 0.4) is 0 Å². The Morgan fingerprint density at radius 1 is 1.20 bits per heavy atom. The maximum absolute atomic E-state index is 13.4. The zero-order valence-electron chi connectivity index (χ0n) is 8.01. The van der Waals surface area contributed by atoms with Crippen LogP contribution in [0.5, 0.6) is 0 Å². The van der Waals surface area contributed by atoms with Gasteiger partial charge in [0.1, 0.15) is 18.5 Å². The van der Waals surface area contributed by atoms with Crippen LogP contribution in [0.4, 0.5) is 4.39 Å². The number of benzene rings is 1. The van der Waals surface area contributed by atoms with Gasteiger partial charge in [-0.15, -0.1) is 11.8 Å². The molecule has 1 heterocycles. The molecule has 5 heteroatoms. The van der Waals surface area contributed by atoms with Crippen molar-refractivity contribution in [2.75, 3.05) is 6.26 Å². The lowest BCUT2D eigenvalue weighted by Crippen LogP contribution is -1.90. The predicted octanol–water partition coefficient (Wildman–Crippen LogP) is 2.40. The first kappa shape index (κ1) is 10.0. The molecule has 0 fully saturated rings. The maximum Gasteiger partial charge on any atom is 0.162 e. The molecule has 0 radical (unpaired) electrons. The van der Waals surface area contributed by atoms with Gasteiger partial charge in [-0.25, -0.2) is 19.3 Å². The van der Waals surface area contributed by atoms with Gasteiger partial charge in [0, 0.05) is 10.5 Å². The molecule has 0 aliphatic rings. The summed E-state index contributed by atoms with van der Waals surface area (Å²) in [5.41, 5.74) is 0.660. The van der Waals surface area contributed by atoms with Gasteiger partial charge in [-0.05, 0) is 24.5 Å². The van der Waals surface area contributed by atoms with Crippen molar-refractivity contribution in [3.8, 4) is 11.4 Å². The number of rotatable bonds is 2. The van der Waals surface area contributed by atoms with E-state index in [2.05, 4.69) is 15.0 Å². The molecule has 0 bridgehead atoms.